The van der Waals surface area contributed by atoms with E-state index in [2.05, 4.69) is 10.5 Å². The number of aromatic nitrogens is 1. The lowest BCUT2D eigenvalue weighted by molar-refractivity contribution is 0.0869. The van der Waals surface area contributed by atoms with Gasteiger partial charge in [-0.3, -0.25) is 4.79 Å². The highest BCUT2D eigenvalue weighted by Crippen LogP contribution is 2.19. The number of carbonyl (C=O) groups is 1. The Morgan fingerprint density at radius 1 is 1.50 bits per heavy atom. The summed E-state index contributed by atoms with van der Waals surface area (Å²) in [4.78, 5) is 11.9. The minimum Gasteiger partial charge on any atom is -0.383 e. The predicted octanol–water partition coefficient (Wildman–Crippen LogP) is 2.25. The molecule has 1 amide bonds. The van der Waals surface area contributed by atoms with Gasteiger partial charge in [0.2, 0.25) is 5.76 Å². The third-order valence-corrected chi connectivity index (χ3v) is 2.65. The fourth-order valence-corrected chi connectivity index (χ4v) is 1.75. The number of hydrogen-bond donors (Lipinski definition) is 1. The van der Waals surface area contributed by atoms with Crippen molar-refractivity contribution in [3.63, 3.8) is 0 Å². The Bertz CT molecular complexity index is 598. The van der Waals surface area contributed by atoms with Gasteiger partial charge in [0.25, 0.3) is 5.91 Å². The van der Waals surface area contributed by atoms with Crippen LogP contribution >= 0.6 is 0 Å². The molecule has 0 fully saturated rings. The number of methoxy groups -OCH3 is 1. The molecule has 5 nitrogen and oxygen atoms in total. The Balaban J connectivity index is 2.11. The van der Waals surface area contributed by atoms with E-state index < -0.39 is 0 Å². The monoisotopic (exact) mass is 278 g/mol. The molecule has 106 valence electrons. The van der Waals surface area contributed by atoms with Gasteiger partial charge in [-0.1, -0.05) is 17.3 Å². The molecule has 6 heteroatoms. The van der Waals surface area contributed by atoms with Crippen molar-refractivity contribution in [1.82, 2.24) is 10.5 Å². The molecule has 1 atom stereocenters. The Morgan fingerprint density at radius 2 is 2.30 bits per heavy atom. The Hall–Kier alpha value is -2.21. The molecule has 2 aromatic rings. The van der Waals surface area contributed by atoms with E-state index in [9.17, 15) is 9.18 Å². The summed E-state index contributed by atoms with van der Waals surface area (Å²) in [5.41, 5.74) is 0.965. The maximum absolute atomic E-state index is 13.1. The molecule has 1 aromatic carbocycles. The van der Waals surface area contributed by atoms with E-state index in [0.717, 1.165) is 0 Å². The van der Waals surface area contributed by atoms with Crippen molar-refractivity contribution in [2.24, 2.45) is 0 Å². The number of benzene rings is 1. The first-order valence-electron chi connectivity index (χ1n) is 6.12. The van der Waals surface area contributed by atoms with Crippen LogP contribution in [0.4, 0.5) is 4.39 Å². The molecule has 1 heterocycles. The van der Waals surface area contributed by atoms with Crippen LogP contribution in [-0.2, 0) is 4.74 Å². The van der Waals surface area contributed by atoms with E-state index in [4.69, 9.17) is 9.26 Å². The van der Waals surface area contributed by atoms with Crippen molar-refractivity contribution in [3.8, 4) is 11.3 Å². The number of carbonyl (C=O) groups excluding carboxylic acids is 1. The number of nitrogens with one attached hydrogen (secondary N) is 1. The van der Waals surface area contributed by atoms with Crippen LogP contribution in [0.1, 0.15) is 17.5 Å². The molecular formula is C14H15FN2O3. The van der Waals surface area contributed by atoms with Crippen LogP contribution in [0.25, 0.3) is 11.3 Å². The highest BCUT2D eigenvalue weighted by molar-refractivity contribution is 5.92. The molecule has 0 spiro atoms. The van der Waals surface area contributed by atoms with Crippen LogP contribution in [0.3, 0.4) is 0 Å². The fourth-order valence-electron chi connectivity index (χ4n) is 1.75. The predicted molar refractivity (Wildman–Crippen MR) is 70.7 cm³/mol. The summed E-state index contributed by atoms with van der Waals surface area (Å²) in [7, 11) is 1.55. The van der Waals surface area contributed by atoms with Gasteiger partial charge < -0.3 is 14.6 Å². The van der Waals surface area contributed by atoms with Gasteiger partial charge in [0.05, 0.1) is 6.61 Å². The van der Waals surface area contributed by atoms with E-state index >= 15 is 0 Å². The number of hydrogen-bond acceptors (Lipinski definition) is 4. The van der Waals surface area contributed by atoms with Crippen LogP contribution < -0.4 is 5.32 Å². The molecule has 1 N–H and O–H groups in total. The molecule has 0 bridgehead atoms. The molecule has 1 aromatic heterocycles. The zero-order valence-corrected chi connectivity index (χ0v) is 11.2. The first kappa shape index (κ1) is 14.2. The summed E-state index contributed by atoms with van der Waals surface area (Å²) in [6.07, 6.45) is 0. The smallest absolute Gasteiger partial charge is 0.290 e. The molecule has 0 aliphatic heterocycles. The number of rotatable bonds is 5. The van der Waals surface area contributed by atoms with Gasteiger partial charge in [-0.05, 0) is 19.1 Å². The van der Waals surface area contributed by atoms with Crippen molar-refractivity contribution in [1.29, 1.82) is 0 Å². The number of amides is 1. The third-order valence-electron chi connectivity index (χ3n) is 2.65. The Morgan fingerprint density at radius 3 is 3.00 bits per heavy atom. The first-order chi connectivity index (χ1) is 9.60. The van der Waals surface area contributed by atoms with E-state index in [0.29, 0.717) is 17.9 Å². The second-order valence-corrected chi connectivity index (χ2v) is 4.42. The molecule has 2 rings (SSSR count). The van der Waals surface area contributed by atoms with Crippen LogP contribution in [0, 0.1) is 5.82 Å². The average Bonchev–Trinajstić information content (AvgIpc) is 2.88. The topological polar surface area (TPSA) is 64.4 Å². The van der Waals surface area contributed by atoms with Crippen molar-refractivity contribution >= 4 is 5.91 Å². The maximum atomic E-state index is 13.1. The van der Waals surface area contributed by atoms with Gasteiger partial charge in [0.1, 0.15) is 11.5 Å². The zero-order chi connectivity index (χ0) is 14.5. The van der Waals surface area contributed by atoms with E-state index in [1.54, 1.807) is 19.2 Å². The average molecular weight is 278 g/mol. The summed E-state index contributed by atoms with van der Waals surface area (Å²) in [5, 5.41) is 6.47. The van der Waals surface area contributed by atoms with E-state index in [1.807, 2.05) is 6.92 Å². The van der Waals surface area contributed by atoms with Crippen LogP contribution in [-0.4, -0.2) is 30.8 Å². The van der Waals surface area contributed by atoms with Crippen molar-refractivity contribution in [2.45, 2.75) is 13.0 Å². The van der Waals surface area contributed by atoms with Crippen LogP contribution in [0.15, 0.2) is 34.9 Å². The largest absolute Gasteiger partial charge is 0.383 e. The highest BCUT2D eigenvalue weighted by Gasteiger charge is 2.16. The molecule has 0 saturated carbocycles. The Labute approximate surface area is 115 Å². The SMILES string of the molecule is COC[C@@H](C)NC(=O)c1cc(-c2cccc(F)c2)no1. The minimum atomic E-state index is -0.385. The summed E-state index contributed by atoms with van der Waals surface area (Å²) in [6.45, 7) is 2.21. The van der Waals surface area contributed by atoms with Gasteiger partial charge in [-0.2, -0.15) is 0 Å². The lowest BCUT2D eigenvalue weighted by Gasteiger charge is -2.10. The second-order valence-electron chi connectivity index (χ2n) is 4.42. The summed E-state index contributed by atoms with van der Waals surface area (Å²) in [6, 6.07) is 7.26. The summed E-state index contributed by atoms with van der Waals surface area (Å²) >= 11 is 0. The summed E-state index contributed by atoms with van der Waals surface area (Å²) in [5.74, 6) is -0.679. The quantitative estimate of drug-likeness (QED) is 0.911. The lowest BCUT2D eigenvalue weighted by Crippen LogP contribution is -2.35. The molecule has 0 unspecified atom stereocenters. The molecule has 0 radical (unpaired) electrons. The number of ether oxygens (including phenoxy) is 1. The summed E-state index contributed by atoms with van der Waals surface area (Å²) < 4.78 is 23.0. The molecule has 0 aliphatic carbocycles. The highest BCUT2D eigenvalue weighted by atomic mass is 19.1. The first-order valence-corrected chi connectivity index (χ1v) is 6.12. The number of halogens is 1. The molecule has 0 aliphatic rings. The van der Waals surface area contributed by atoms with Crippen LogP contribution in [0.2, 0.25) is 0 Å². The maximum Gasteiger partial charge on any atom is 0.290 e. The van der Waals surface area contributed by atoms with E-state index in [1.165, 1.54) is 18.2 Å². The van der Waals surface area contributed by atoms with Crippen LogP contribution in [0.5, 0.6) is 0 Å². The lowest BCUT2D eigenvalue weighted by atomic mass is 10.1. The second kappa shape index (κ2) is 6.29. The van der Waals surface area contributed by atoms with Crippen molar-refractivity contribution in [3.05, 3.63) is 41.9 Å². The van der Waals surface area contributed by atoms with Gasteiger partial charge in [-0.25, -0.2) is 4.39 Å². The molecule has 0 saturated heterocycles. The molecular weight excluding hydrogens is 263 g/mol. The van der Waals surface area contributed by atoms with Gasteiger partial charge in [0.15, 0.2) is 0 Å². The zero-order valence-electron chi connectivity index (χ0n) is 11.2. The van der Waals surface area contributed by atoms with Gasteiger partial charge in [-0.15, -0.1) is 0 Å². The fraction of sp³-hybridized carbons (Fsp3) is 0.286. The Kier molecular flexibility index (Phi) is 4.47. The van der Waals surface area contributed by atoms with E-state index in [-0.39, 0.29) is 23.5 Å². The normalized spacial score (nSPS) is 12.2. The van der Waals surface area contributed by atoms with Gasteiger partial charge in [0, 0.05) is 24.8 Å². The standard InChI is InChI=1S/C14H15FN2O3/c1-9(8-19-2)16-14(18)13-7-12(17-20-13)10-4-3-5-11(15)6-10/h3-7,9H,8H2,1-2H3,(H,16,18)/t9-/m1/s1. The van der Waals surface area contributed by atoms with Crippen molar-refractivity contribution < 1.29 is 18.4 Å². The van der Waals surface area contributed by atoms with Crippen molar-refractivity contribution in [2.75, 3.05) is 13.7 Å². The van der Waals surface area contributed by atoms with Gasteiger partial charge >= 0.3 is 0 Å². The third kappa shape index (κ3) is 3.42. The molecule has 20 heavy (non-hydrogen) atoms. The minimum absolute atomic E-state index is 0.0761. The number of nitrogens with zero attached hydrogens (tertiary/aromatic N) is 1.